The number of nitrogens with zero attached hydrogens (tertiary/aromatic N) is 1. The van der Waals surface area contributed by atoms with Gasteiger partial charge < -0.3 is 15.6 Å². The first kappa shape index (κ1) is 11.7. The molecule has 0 spiro atoms. The molecule has 0 radical (unpaired) electrons. The number of aromatic nitrogens is 1. The van der Waals surface area contributed by atoms with Crippen LogP contribution in [0.5, 0.6) is 0 Å². The smallest absolute Gasteiger partial charge is 0.224 e. The lowest BCUT2D eigenvalue weighted by Crippen LogP contribution is -2.34. The highest BCUT2D eigenvalue weighted by Crippen LogP contribution is 2.05. The van der Waals surface area contributed by atoms with Crippen molar-refractivity contribution < 1.29 is 9.32 Å². The van der Waals surface area contributed by atoms with Crippen molar-refractivity contribution in [3.8, 4) is 0 Å². The van der Waals surface area contributed by atoms with Crippen molar-refractivity contribution in [2.45, 2.75) is 26.3 Å². The Morgan fingerprint density at radius 2 is 2.53 bits per heavy atom. The first-order valence-corrected chi connectivity index (χ1v) is 5.15. The Hall–Kier alpha value is -1.36. The van der Waals surface area contributed by atoms with Crippen LogP contribution in [-0.2, 0) is 11.3 Å². The van der Waals surface area contributed by atoms with E-state index in [0.29, 0.717) is 18.8 Å². The third kappa shape index (κ3) is 3.71. The van der Waals surface area contributed by atoms with Gasteiger partial charge in [-0.1, -0.05) is 18.5 Å². The fraction of sp³-hybridized carbons (Fsp3) is 0.600. The highest BCUT2D eigenvalue weighted by Gasteiger charge is 2.15. The molecule has 0 bridgehead atoms. The van der Waals surface area contributed by atoms with E-state index in [4.69, 9.17) is 10.3 Å². The fourth-order valence-electron chi connectivity index (χ4n) is 1.36. The summed E-state index contributed by atoms with van der Waals surface area (Å²) in [5.41, 5.74) is 5.51. The van der Waals surface area contributed by atoms with Gasteiger partial charge in [-0.05, 0) is 6.42 Å². The molecule has 1 unspecified atom stereocenters. The molecule has 0 aliphatic heterocycles. The molecule has 1 aromatic rings. The van der Waals surface area contributed by atoms with Gasteiger partial charge in [0.25, 0.3) is 0 Å². The zero-order valence-corrected chi connectivity index (χ0v) is 8.90. The molecule has 84 valence electrons. The Kier molecular flexibility index (Phi) is 4.83. The van der Waals surface area contributed by atoms with Crippen LogP contribution in [0, 0.1) is 5.92 Å². The first-order chi connectivity index (χ1) is 7.27. The quantitative estimate of drug-likeness (QED) is 0.724. The zero-order chi connectivity index (χ0) is 11.1. The average Bonchev–Trinajstić information content (AvgIpc) is 2.75. The van der Waals surface area contributed by atoms with Crippen LogP contribution in [0.25, 0.3) is 0 Å². The second-order valence-electron chi connectivity index (χ2n) is 3.42. The molecule has 0 saturated heterocycles. The first-order valence-electron chi connectivity index (χ1n) is 5.15. The molecule has 0 fully saturated rings. The molecule has 1 aromatic heterocycles. The van der Waals surface area contributed by atoms with Crippen molar-refractivity contribution in [3.63, 3.8) is 0 Å². The largest absolute Gasteiger partial charge is 0.360 e. The minimum absolute atomic E-state index is 0.0178. The van der Waals surface area contributed by atoms with Gasteiger partial charge in [0.1, 0.15) is 0 Å². The lowest BCUT2D eigenvalue weighted by atomic mass is 10.0. The minimum Gasteiger partial charge on any atom is -0.360 e. The fourth-order valence-corrected chi connectivity index (χ4v) is 1.36. The third-order valence-electron chi connectivity index (χ3n) is 2.22. The maximum absolute atomic E-state index is 11.6. The maximum Gasteiger partial charge on any atom is 0.224 e. The summed E-state index contributed by atoms with van der Waals surface area (Å²) in [6, 6.07) is 1.72. The van der Waals surface area contributed by atoms with Crippen LogP contribution in [0.4, 0.5) is 0 Å². The van der Waals surface area contributed by atoms with E-state index in [1.54, 1.807) is 12.3 Å². The van der Waals surface area contributed by atoms with Crippen molar-refractivity contribution in [1.82, 2.24) is 10.5 Å². The van der Waals surface area contributed by atoms with Crippen LogP contribution < -0.4 is 11.1 Å². The van der Waals surface area contributed by atoms with Gasteiger partial charge in [0, 0.05) is 12.6 Å². The Labute approximate surface area is 89.0 Å². The van der Waals surface area contributed by atoms with E-state index in [-0.39, 0.29) is 11.8 Å². The van der Waals surface area contributed by atoms with E-state index in [9.17, 15) is 4.79 Å². The second kappa shape index (κ2) is 6.19. The summed E-state index contributed by atoms with van der Waals surface area (Å²) < 4.78 is 4.86. The topological polar surface area (TPSA) is 81.2 Å². The van der Waals surface area contributed by atoms with Crippen LogP contribution in [0.15, 0.2) is 16.8 Å². The monoisotopic (exact) mass is 211 g/mol. The van der Waals surface area contributed by atoms with E-state index in [1.165, 1.54) is 0 Å². The molecule has 0 aromatic carbocycles. The van der Waals surface area contributed by atoms with Crippen molar-refractivity contribution >= 4 is 5.91 Å². The van der Waals surface area contributed by atoms with Gasteiger partial charge in [-0.2, -0.15) is 0 Å². The van der Waals surface area contributed by atoms with Gasteiger partial charge in [0.15, 0.2) is 5.76 Å². The molecule has 15 heavy (non-hydrogen) atoms. The number of hydrogen-bond acceptors (Lipinski definition) is 4. The molecule has 5 heteroatoms. The summed E-state index contributed by atoms with van der Waals surface area (Å²) in [5, 5.41) is 6.32. The zero-order valence-electron chi connectivity index (χ0n) is 8.90. The van der Waals surface area contributed by atoms with Gasteiger partial charge in [0.2, 0.25) is 5.91 Å². The van der Waals surface area contributed by atoms with Crippen LogP contribution in [-0.4, -0.2) is 17.6 Å². The molecule has 1 amide bonds. The van der Waals surface area contributed by atoms with Crippen LogP contribution in [0.2, 0.25) is 0 Å². The molecule has 5 nitrogen and oxygen atoms in total. The average molecular weight is 211 g/mol. The van der Waals surface area contributed by atoms with Crippen LogP contribution >= 0.6 is 0 Å². The molecule has 1 heterocycles. The second-order valence-corrected chi connectivity index (χ2v) is 3.42. The molecule has 1 rings (SSSR count). The Morgan fingerprint density at radius 1 is 1.73 bits per heavy atom. The number of rotatable bonds is 6. The van der Waals surface area contributed by atoms with Crippen molar-refractivity contribution in [2.75, 3.05) is 6.54 Å². The number of carbonyl (C=O) groups is 1. The molecular weight excluding hydrogens is 194 g/mol. The maximum atomic E-state index is 11.6. The summed E-state index contributed by atoms with van der Waals surface area (Å²) >= 11 is 0. The predicted octanol–water partition coefficient (Wildman–Crippen LogP) is 0.666. The molecule has 3 N–H and O–H groups in total. The highest BCUT2D eigenvalue weighted by molar-refractivity contribution is 5.78. The van der Waals surface area contributed by atoms with Crippen molar-refractivity contribution in [1.29, 1.82) is 0 Å². The van der Waals surface area contributed by atoms with Crippen molar-refractivity contribution in [2.24, 2.45) is 11.7 Å². The van der Waals surface area contributed by atoms with Crippen LogP contribution in [0.1, 0.15) is 25.5 Å². The van der Waals surface area contributed by atoms with Gasteiger partial charge in [-0.15, -0.1) is 0 Å². The number of nitrogens with one attached hydrogen (secondary N) is 1. The predicted molar refractivity (Wildman–Crippen MR) is 55.8 cm³/mol. The van der Waals surface area contributed by atoms with E-state index in [2.05, 4.69) is 10.5 Å². The summed E-state index contributed by atoms with van der Waals surface area (Å²) in [5.74, 6) is 0.532. The molecular formula is C10H17N3O2. The van der Waals surface area contributed by atoms with Gasteiger partial charge >= 0.3 is 0 Å². The summed E-state index contributed by atoms with van der Waals surface area (Å²) in [6.07, 6.45) is 3.32. The highest BCUT2D eigenvalue weighted by atomic mass is 16.5. The van der Waals surface area contributed by atoms with Gasteiger partial charge in [-0.25, -0.2) is 0 Å². The van der Waals surface area contributed by atoms with E-state index in [1.807, 2.05) is 6.92 Å². The minimum atomic E-state index is -0.0991. The molecule has 0 aliphatic rings. The van der Waals surface area contributed by atoms with E-state index < -0.39 is 0 Å². The third-order valence-corrected chi connectivity index (χ3v) is 2.22. The molecule has 0 aliphatic carbocycles. The summed E-state index contributed by atoms with van der Waals surface area (Å²) in [6.45, 7) is 2.79. The number of nitrogens with two attached hydrogens (primary N) is 1. The van der Waals surface area contributed by atoms with E-state index >= 15 is 0 Å². The van der Waals surface area contributed by atoms with Crippen molar-refractivity contribution in [3.05, 3.63) is 18.0 Å². The lowest BCUT2D eigenvalue weighted by molar-refractivity contribution is -0.125. The lowest BCUT2D eigenvalue weighted by Gasteiger charge is -2.12. The Morgan fingerprint density at radius 3 is 3.07 bits per heavy atom. The molecule has 1 atom stereocenters. The standard InChI is InChI=1S/C10H17N3O2/c1-2-3-8(6-11)10(14)12-7-9-4-5-13-15-9/h4-5,8H,2-3,6-7,11H2,1H3,(H,12,14). The van der Waals surface area contributed by atoms with Crippen LogP contribution in [0.3, 0.4) is 0 Å². The number of carbonyl (C=O) groups excluding carboxylic acids is 1. The normalized spacial score (nSPS) is 12.4. The Bertz CT molecular complexity index is 285. The summed E-state index contributed by atoms with van der Waals surface area (Å²) in [4.78, 5) is 11.6. The van der Waals surface area contributed by atoms with Gasteiger partial charge in [0.05, 0.1) is 18.7 Å². The summed E-state index contributed by atoms with van der Waals surface area (Å²) in [7, 11) is 0. The number of hydrogen-bond donors (Lipinski definition) is 2. The van der Waals surface area contributed by atoms with E-state index in [0.717, 1.165) is 12.8 Å². The van der Waals surface area contributed by atoms with Gasteiger partial charge in [-0.3, -0.25) is 4.79 Å². The Balaban J connectivity index is 2.34. The molecule has 0 saturated carbocycles. The SMILES string of the molecule is CCCC(CN)C(=O)NCc1ccno1. The number of amides is 1.